The minimum absolute atomic E-state index is 0.144. The summed E-state index contributed by atoms with van der Waals surface area (Å²) in [6.07, 6.45) is -4.79. The maximum atomic E-state index is 12.0. The zero-order valence-corrected chi connectivity index (χ0v) is 9.53. The number of hydrogen-bond acceptors (Lipinski definition) is 4. The predicted octanol–water partition coefficient (Wildman–Crippen LogP) is 2.15. The van der Waals surface area contributed by atoms with E-state index in [0.29, 0.717) is 0 Å². The van der Waals surface area contributed by atoms with Crippen LogP contribution in [0.4, 0.5) is 13.2 Å². The lowest BCUT2D eigenvalue weighted by atomic mass is 10.1. The molecule has 1 aromatic rings. The van der Waals surface area contributed by atoms with E-state index in [1.54, 1.807) is 6.92 Å². The molecule has 0 aromatic heterocycles. The van der Waals surface area contributed by atoms with Crippen LogP contribution in [-0.4, -0.2) is 18.9 Å². The topological polar surface area (TPSA) is 61.5 Å². The van der Waals surface area contributed by atoms with Crippen molar-refractivity contribution in [2.45, 2.75) is 19.3 Å². The molecule has 1 atom stereocenters. The van der Waals surface area contributed by atoms with Crippen molar-refractivity contribution < 1.29 is 27.4 Å². The van der Waals surface area contributed by atoms with Crippen molar-refractivity contribution >= 4 is 5.97 Å². The van der Waals surface area contributed by atoms with E-state index in [4.69, 9.17) is 5.73 Å². The average Bonchev–Trinajstić information content (AvgIpc) is 2.26. The van der Waals surface area contributed by atoms with E-state index >= 15 is 0 Å². The van der Waals surface area contributed by atoms with Crippen molar-refractivity contribution in [2.75, 3.05) is 6.61 Å². The van der Waals surface area contributed by atoms with Crippen LogP contribution in [0.15, 0.2) is 24.3 Å². The molecule has 0 radical (unpaired) electrons. The third kappa shape index (κ3) is 4.25. The summed E-state index contributed by atoms with van der Waals surface area (Å²) >= 11 is 0. The van der Waals surface area contributed by atoms with Gasteiger partial charge in [0.15, 0.2) is 0 Å². The quantitative estimate of drug-likeness (QED) is 0.845. The van der Waals surface area contributed by atoms with Crippen LogP contribution in [0.5, 0.6) is 5.75 Å². The number of benzene rings is 1. The Morgan fingerprint density at radius 3 is 2.67 bits per heavy atom. The molecule has 0 bridgehead atoms. The van der Waals surface area contributed by atoms with Gasteiger partial charge < -0.3 is 15.2 Å². The highest BCUT2D eigenvalue weighted by Crippen LogP contribution is 2.25. The van der Waals surface area contributed by atoms with Gasteiger partial charge in [0, 0.05) is 0 Å². The summed E-state index contributed by atoms with van der Waals surface area (Å²) in [7, 11) is 0. The van der Waals surface area contributed by atoms with Crippen molar-refractivity contribution in [1.82, 2.24) is 0 Å². The summed E-state index contributed by atoms with van der Waals surface area (Å²) in [5, 5.41) is 0. The highest BCUT2D eigenvalue weighted by Gasteiger charge is 2.31. The Kier molecular flexibility index (Phi) is 4.55. The van der Waals surface area contributed by atoms with E-state index in [1.807, 2.05) is 0 Å². The molecule has 0 saturated heterocycles. The van der Waals surface area contributed by atoms with Crippen molar-refractivity contribution in [3.8, 4) is 5.75 Å². The molecule has 0 fully saturated rings. The highest BCUT2D eigenvalue weighted by atomic mass is 19.4. The fraction of sp³-hybridized carbons (Fsp3) is 0.364. The fourth-order valence-corrected chi connectivity index (χ4v) is 1.27. The molecule has 18 heavy (non-hydrogen) atoms. The number of esters is 1. The first-order valence-electron chi connectivity index (χ1n) is 5.11. The number of rotatable bonds is 4. The van der Waals surface area contributed by atoms with Gasteiger partial charge in [-0.1, -0.05) is 12.1 Å². The number of halogens is 3. The molecule has 1 unspecified atom stereocenters. The van der Waals surface area contributed by atoms with Gasteiger partial charge in [0.1, 0.15) is 11.8 Å². The van der Waals surface area contributed by atoms with Crippen LogP contribution in [0.1, 0.15) is 18.5 Å². The second-order valence-corrected chi connectivity index (χ2v) is 3.35. The minimum Gasteiger partial charge on any atom is -0.465 e. The Bertz CT molecular complexity index is 420. The summed E-state index contributed by atoms with van der Waals surface area (Å²) in [5.41, 5.74) is 5.74. The largest absolute Gasteiger partial charge is 0.573 e. The second kappa shape index (κ2) is 5.72. The summed E-state index contributed by atoms with van der Waals surface area (Å²) in [6.45, 7) is 1.75. The third-order valence-electron chi connectivity index (χ3n) is 1.99. The summed E-state index contributed by atoms with van der Waals surface area (Å²) < 4.78 is 44.4. The lowest BCUT2D eigenvalue weighted by Crippen LogP contribution is -2.24. The molecule has 0 aliphatic heterocycles. The van der Waals surface area contributed by atoms with E-state index in [-0.39, 0.29) is 12.2 Å². The zero-order chi connectivity index (χ0) is 13.8. The van der Waals surface area contributed by atoms with E-state index in [1.165, 1.54) is 12.1 Å². The Balaban J connectivity index is 2.84. The molecule has 0 amide bonds. The minimum atomic E-state index is -4.79. The normalized spacial score (nSPS) is 12.9. The molecule has 0 saturated carbocycles. The van der Waals surface area contributed by atoms with Gasteiger partial charge in [-0.15, -0.1) is 13.2 Å². The second-order valence-electron chi connectivity index (χ2n) is 3.35. The Morgan fingerprint density at radius 2 is 2.11 bits per heavy atom. The molecule has 0 heterocycles. The SMILES string of the molecule is CCOC(=O)C(N)c1cccc(OC(F)(F)F)c1. The van der Waals surface area contributed by atoms with Crippen LogP contribution in [0.3, 0.4) is 0 Å². The zero-order valence-electron chi connectivity index (χ0n) is 9.53. The molecule has 1 aromatic carbocycles. The number of carbonyl (C=O) groups excluding carboxylic acids is 1. The van der Waals surface area contributed by atoms with Gasteiger partial charge in [0.2, 0.25) is 0 Å². The van der Waals surface area contributed by atoms with Crippen molar-refractivity contribution in [3.63, 3.8) is 0 Å². The van der Waals surface area contributed by atoms with Crippen molar-refractivity contribution in [2.24, 2.45) is 5.73 Å². The summed E-state index contributed by atoms with van der Waals surface area (Å²) in [6, 6.07) is 3.77. The summed E-state index contributed by atoms with van der Waals surface area (Å²) in [4.78, 5) is 11.3. The third-order valence-corrected chi connectivity index (χ3v) is 1.99. The molecule has 2 N–H and O–H groups in total. The average molecular weight is 263 g/mol. The van der Waals surface area contributed by atoms with Gasteiger partial charge >= 0.3 is 12.3 Å². The van der Waals surface area contributed by atoms with Crippen molar-refractivity contribution in [1.29, 1.82) is 0 Å². The standard InChI is InChI=1S/C11H12F3NO3/c1-2-17-10(16)9(15)7-4-3-5-8(6-7)18-11(12,13)14/h3-6,9H,2,15H2,1H3. The number of alkyl halides is 3. The maximum absolute atomic E-state index is 12.0. The van der Waals surface area contributed by atoms with Crippen LogP contribution in [0.25, 0.3) is 0 Å². The van der Waals surface area contributed by atoms with Crippen LogP contribution in [0, 0.1) is 0 Å². The maximum Gasteiger partial charge on any atom is 0.573 e. The molecule has 4 nitrogen and oxygen atoms in total. The molecule has 100 valence electrons. The molecular formula is C11H12F3NO3. The van der Waals surface area contributed by atoms with Gasteiger partial charge in [0.25, 0.3) is 0 Å². The van der Waals surface area contributed by atoms with Gasteiger partial charge in [-0.05, 0) is 24.6 Å². The Labute approximate surface area is 101 Å². The van der Waals surface area contributed by atoms with Crippen LogP contribution in [0.2, 0.25) is 0 Å². The number of ether oxygens (including phenoxy) is 2. The monoisotopic (exact) mass is 263 g/mol. The predicted molar refractivity (Wildman–Crippen MR) is 56.7 cm³/mol. The Morgan fingerprint density at radius 1 is 1.44 bits per heavy atom. The van der Waals surface area contributed by atoms with E-state index in [0.717, 1.165) is 12.1 Å². The lowest BCUT2D eigenvalue weighted by Gasteiger charge is -2.13. The first kappa shape index (κ1) is 14.3. The molecule has 1 rings (SSSR count). The fourth-order valence-electron chi connectivity index (χ4n) is 1.27. The van der Waals surface area contributed by atoms with Crippen LogP contribution < -0.4 is 10.5 Å². The molecular weight excluding hydrogens is 251 g/mol. The summed E-state index contributed by atoms with van der Waals surface area (Å²) in [5.74, 6) is -1.14. The van der Waals surface area contributed by atoms with Crippen LogP contribution in [-0.2, 0) is 9.53 Å². The molecule has 7 heteroatoms. The van der Waals surface area contributed by atoms with E-state index in [2.05, 4.69) is 9.47 Å². The van der Waals surface area contributed by atoms with Crippen molar-refractivity contribution in [3.05, 3.63) is 29.8 Å². The first-order chi connectivity index (χ1) is 8.33. The smallest absolute Gasteiger partial charge is 0.465 e. The Hall–Kier alpha value is -1.76. The molecule has 0 aliphatic rings. The van der Waals surface area contributed by atoms with Gasteiger partial charge in [-0.25, -0.2) is 4.79 Å². The highest BCUT2D eigenvalue weighted by molar-refractivity contribution is 5.77. The van der Waals surface area contributed by atoms with Crippen LogP contribution >= 0.6 is 0 Å². The number of hydrogen-bond donors (Lipinski definition) is 1. The van der Waals surface area contributed by atoms with Gasteiger partial charge in [-0.3, -0.25) is 0 Å². The first-order valence-corrected chi connectivity index (χ1v) is 5.11. The number of nitrogens with two attached hydrogens (primary N) is 1. The van der Waals surface area contributed by atoms with Gasteiger partial charge in [-0.2, -0.15) is 0 Å². The molecule has 0 aliphatic carbocycles. The lowest BCUT2D eigenvalue weighted by molar-refractivity contribution is -0.274. The van der Waals surface area contributed by atoms with E-state index in [9.17, 15) is 18.0 Å². The van der Waals surface area contributed by atoms with E-state index < -0.39 is 24.1 Å². The number of carbonyl (C=O) groups is 1. The van der Waals surface area contributed by atoms with Gasteiger partial charge in [0.05, 0.1) is 6.61 Å². The molecule has 0 spiro atoms.